The number of anilines is 1. The number of halogens is 1. The lowest BCUT2D eigenvalue weighted by atomic mass is 10.3. The van der Waals surface area contributed by atoms with Crippen LogP contribution in [0.4, 0.5) is 5.69 Å². The topological polar surface area (TPSA) is 62.7 Å². The molecule has 1 aromatic carbocycles. The normalized spacial score (nSPS) is 10.5. The van der Waals surface area contributed by atoms with Gasteiger partial charge in [0.1, 0.15) is 5.82 Å². The van der Waals surface area contributed by atoms with Crippen LogP contribution in [0.2, 0.25) is 0 Å². The van der Waals surface area contributed by atoms with Gasteiger partial charge in [0.15, 0.2) is 0 Å². The Kier molecular flexibility index (Phi) is 3.63. The van der Waals surface area contributed by atoms with Gasteiger partial charge in [-0.05, 0) is 31.2 Å². The molecule has 2 rings (SSSR count). The molecule has 0 fully saturated rings. The Morgan fingerprint density at radius 3 is 2.71 bits per heavy atom. The van der Waals surface area contributed by atoms with E-state index in [1.165, 1.54) is 4.68 Å². The first-order chi connectivity index (χ1) is 8.19. The van der Waals surface area contributed by atoms with Gasteiger partial charge in [-0.25, -0.2) is 9.48 Å². The Hall–Kier alpha value is -1.56. The monoisotopic (exact) mass is 296 g/mol. The first-order valence-electron chi connectivity index (χ1n) is 5.34. The average molecular weight is 297 g/mol. The fourth-order valence-corrected chi connectivity index (χ4v) is 1.72. The molecule has 0 amide bonds. The lowest BCUT2D eigenvalue weighted by Gasteiger charge is -2.03. The molecule has 0 aliphatic rings. The van der Waals surface area contributed by atoms with Gasteiger partial charge in [-0.3, -0.25) is 4.98 Å². The molecule has 17 heavy (non-hydrogen) atoms. The Morgan fingerprint density at radius 1 is 1.41 bits per heavy atom. The van der Waals surface area contributed by atoms with E-state index in [2.05, 4.69) is 31.3 Å². The van der Waals surface area contributed by atoms with Gasteiger partial charge in [0.2, 0.25) is 0 Å². The highest BCUT2D eigenvalue weighted by molar-refractivity contribution is 9.10. The van der Waals surface area contributed by atoms with Gasteiger partial charge >= 0.3 is 5.69 Å². The number of benzene rings is 1. The van der Waals surface area contributed by atoms with Crippen molar-refractivity contribution in [2.75, 3.05) is 5.32 Å². The van der Waals surface area contributed by atoms with Crippen LogP contribution in [-0.2, 0) is 13.1 Å². The maximum atomic E-state index is 11.3. The number of nitrogens with zero attached hydrogens (tertiary/aromatic N) is 2. The third-order valence-electron chi connectivity index (χ3n) is 2.33. The number of nitrogens with one attached hydrogen (secondary N) is 2. The molecule has 0 spiro atoms. The molecule has 1 aromatic heterocycles. The highest BCUT2D eigenvalue weighted by atomic mass is 79.9. The molecule has 1 heterocycles. The lowest BCUT2D eigenvalue weighted by Crippen LogP contribution is -2.16. The van der Waals surface area contributed by atoms with E-state index in [1.807, 2.05) is 31.2 Å². The summed E-state index contributed by atoms with van der Waals surface area (Å²) in [6, 6.07) is 7.82. The van der Waals surface area contributed by atoms with Crippen molar-refractivity contribution in [3.63, 3.8) is 0 Å². The van der Waals surface area contributed by atoms with Gasteiger partial charge in [0, 0.05) is 16.7 Å². The largest absolute Gasteiger partial charge is 0.378 e. The molecule has 5 nitrogen and oxygen atoms in total. The van der Waals surface area contributed by atoms with Crippen LogP contribution >= 0.6 is 15.9 Å². The van der Waals surface area contributed by atoms with Crippen LogP contribution in [0, 0.1) is 0 Å². The molecule has 0 radical (unpaired) electrons. The summed E-state index contributed by atoms with van der Waals surface area (Å²) in [6.45, 7) is 2.96. The fraction of sp³-hybridized carbons (Fsp3) is 0.273. The second kappa shape index (κ2) is 5.18. The van der Waals surface area contributed by atoms with E-state index in [9.17, 15) is 4.79 Å². The van der Waals surface area contributed by atoms with Crippen LogP contribution in [0.5, 0.6) is 0 Å². The Bertz CT molecular complexity index is 543. The van der Waals surface area contributed by atoms with Crippen molar-refractivity contribution in [2.24, 2.45) is 0 Å². The number of rotatable bonds is 4. The van der Waals surface area contributed by atoms with E-state index < -0.39 is 0 Å². The smallest absolute Gasteiger partial charge is 0.343 e. The van der Waals surface area contributed by atoms with E-state index in [-0.39, 0.29) is 5.69 Å². The maximum absolute atomic E-state index is 11.3. The van der Waals surface area contributed by atoms with E-state index in [0.29, 0.717) is 18.9 Å². The van der Waals surface area contributed by atoms with Crippen molar-refractivity contribution in [3.8, 4) is 0 Å². The zero-order valence-electron chi connectivity index (χ0n) is 9.40. The van der Waals surface area contributed by atoms with Crippen LogP contribution < -0.4 is 11.0 Å². The van der Waals surface area contributed by atoms with Crippen LogP contribution in [0.1, 0.15) is 12.7 Å². The van der Waals surface area contributed by atoms with E-state index in [1.54, 1.807) is 0 Å². The standard InChI is InChI=1S/C11H13BrN4O/c1-2-16-11(17)14-10(15-16)7-13-9-5-3-8(12)4-6-9/h3-6,13H,2,7H2,1H3,(H,14,15,17). The molecular weight excluding hydrogens is 284 g/mol. The molecular formula is C11H13BrN4O. The van der Waals surface area contributed by atoms with Crippen LogP contribution in [0.25, 0.3) is 0 Å². The first-order valence-corrected chi connectivity index (χ1v) is 6.14. The minimum Gasteiger partial charge on any atom is -0.378 e. The van der Waals surface area contributed by atoms with Crippen molar-refractivity contribution >= 4 is 21.6 Å². The van der Waals surface area contributed by atoms with E-state index in [4.69, 9.17) is 0 Å². The fourth-order valence-electron chi connectivity index (χ4n) is 1.45. The van der Waals surface area contributed by atoms with Crippen molar-refractivity contribution in [3.05, 3.63) is 45.0 Å². The summed E-state index contributed by atoms with van der Waals surface area (Å²) < 4.78 is 2.44. The number of aryl methyl sites for hydroxylation is 1. The van der Waals surface area contributed by atoms with Gasteiger partial charge in [-0.1, -0.05) is 15.9 Å². The van der Waals surface area contributed by atoms with Crippen molar-refractivity contribution in [1.29, 1.82) is 0 Å². The summed E-state index contributed by atoms with van der Waals surface area (Å²) in [7, 11) is 0. The molecule has 0 unspecified atom stereocenters. The van der Waals surface area contributed by atoms with E-state index in [0.717, 1.165) is 10.2 Å². The summed E-state index contributed by atoms with van der Waals surface area (Å²) in [4.78, 5) is 14.0. The minimum absolute atomic E-state index is 0.167. The first kappa shape index (κ1) is 11.9. The highest BCUT2D eigenvalue weighted by Gasteiger charge is 2.02. The highest BCUT2D eigenvalue weighted by Crippen LogP contribution is 2.14. The number of hydrogen-bond donors (Lipinski definition) is 2. The minimum atomic E-state index is -0.167. The third-order valence-corrected chi connectivity index (χ3v) is 2.86. The number of aromatic nitrogens is 3. The van der Waals surface area contributed by atoms with E-state index >= 15 is 0 Å². The van der Waals surface area contributed by atoms with Gasteiger partial charge in [0.05, 0.1) is 6.54 Å². The van der Waals surface area contributed by atoms with Gasteiger partial charge in [0.25, 0.3) is 0 Å². The summed E-state index contributed by atoms with van der Waals surface area (Å²) in [5, 5.41) is 7.32. The van der Waals surface area contributed by atoms with Gasteiger partial charge in [-0.2, -0.15) is 5.10 Å². The molecule has 2 N–H and O–H groups in total. The summed E-state index contributed by atoms with van der Waals surface area (Å²) in [5.74, 6) is 0.639. The molecule has 0 bridgehead atoms. The molecule has 0 aliphatic carbocycles. The molecule has 6 heteroatoms. The van der Waals surface area contributed by atoms with Gasteiger partial charge in [-0.15, -0.1) is 0 Å². The van der Waals surface area contributed by atoms with Crippen molar-refractivity contribution in [2.45, 2.75) is 20.0 Å². The molecule has 0 aliphatic heterocycles. The Labute approximate surface area is 107 Å². The quantitative estimate of drug-likeness (QED) is 0.907. The SMILES string of the molecule is CCn1nc(CNc2ccc(Br)cc2)[nH]c1=O. The predicted molar refractivity (Wildman–Crippen MR) is 70.0 cm³/mol. The van der Waals surface area contributed by atoms with Crippen molar-refractivity contribution < 1.29 is 0 Å². The van der Waals surface area contributed by atoms with Crippen LogP contribution in [0.3, 0.4) is 0 Å². The molecule has 0 saturated heterocycles. The molecule has 0 atom stereocenters. The van der Waals surface area contributed by atoms with Crippen LogP contribution in [-0.4, -0.2) is 14.8 Å². The van der Waals surface area contributed by atoms with Gasteiger partial charge < -0.3 is 5.32 Å². The summed E-state index contributed by atoms with van der Waals surface area (Å²) >= 11 is 3.37. The van der Waals surface area contributed by atoms with Crippen LogP contribution in [0.15, 0.2) is 33.5 Å². The molecule has 90 valence electrons. The molecule has 2 aromatic rings. The van der Waals surface area contributed by atoms with Crippen molar-refractivity contribution in [1.82, 2.24) is 14.8 Å². The Morgan fingerprint density at radius 2 is 2.12 bits per heavy atom. The second-order valence-corrected chi connectivity index (χ2v) is 4.47. The number of hydrogen-bond acceptors (Lipinski definition) is 3. The molecule has 0 saturated carbocycles. The zero-order chi connectivity index (χ0) is 12.3. The number of aromatic amines is 1. The Balaban J connectivity index is 2.02. The second-order valence-electron chi connectivity index (χ2n) is 3.55. The maximum Gasteiger partial charge on any atom is 0.343 e. The summed E-state index contributed by atoms with van der Waals surface area (Å²) in [5.41, 5.74) is 0.820. The third kappa shape index (κ3) is 2.97. The zero-order valence-corrected chi connectivity index (χ0v) is 11.0. The summed E-state index contributed by atoms with van der Waals surface area (Å²) in [6.07, 6.45) is 0. The predicted octanol–water partition coefficient (Wildman–Crippen LogP) is 1.97. The average Bonchev–Trinajstić information content (AvgIpc) is 2.69. The lowest BCUT2D eigenvalue weighted by molar-refractivity contribution is 0.627. The number of H-pyrrole nitrogens is 1.